The van der Waals surface area contributed by atoms with Crippen molar-refractivity contribution >= 4 is 18.0 Å². The first kappa shape index (κ1) is 24.8. The number of aliphatic carboxylic acids is 1. The molecule has 3 atom stereocenters. The Morgan fingerprint density at radius 1 is 1.00 bits per heavy atom. The molecular formula is C28H34N2O5. The Bertz CT molecular complexity index is 1040. The summed E-state index contributed by atoms with van der Waals surface area (Å²) in [5, 5.41) is 15.0. The molecule has 3 N–H and O–H groups in total. The van der Waals surface area contributed by atoms with Crippen LogP contribution in [0, 0.1) is 11.8 Å². The number of hydrogen-bond acceptors (Lipinski definition) is 4. The number of carbonyl (C=O) groups excluding carboxylic acids is 2. The summed E-state index contributed by atoms with van der Waals surface area (Å²) in [6.45, 7) is 4.15. The zero-order chi connectivity index (χ0) is 24.9. The highest BCUT2D eigenvalue weighted by Crippen LogP contribution is 2.44. The molecule has 1 fully saturated rings. The van der Waals surface area contributed by atoms with Gasteiger partial charge in [0.2, 0.25) is 5.91 Å². The smallest absolute Gasteiger partial charge is 0.407 e. The normalized spacial score (nSPS) is 20.0. The minimum Gasteiger partial charge on any atom is -0.481 e. The Balaban J connectivity index is 1.38. The molecule has 35 heavy (non-hydrogen) atoms. The highest BCUT2D eigenvalue weighted by atomic mass is 16.5. The van der Waals surface area contributed by atoms with Crippen LogP contribution in [0.1, 0.15) is 63.0 Å². The number of hydrogen-bond donors (Lipinski definition) is 3. The number of fused-ring (bicyclic) bond motifs is 3. The first-order valence-corrected chi connectivity index (χ1v) is 12.5. The van der Waals surface area contributed by atoms with Crippen molar-refractivity contribution in [3.8, 4) is 11.1 Å². The lowest BCUT2D eigenvalue weighted by Crippen LogP contribution is -2.51. The fraction of sp³-hybridized carbons (Fsp3) is 0.464. The van der Waals surface area contributed by atoms with E-state index < -0.39 is 24.0 Å². The number of carbonyl (C=O) groups is 3. The topological polar surface area (TPSA) is 105 Å². The fourth-order valence-electron chi connectivity index (χ4n) is 5.33. The van der Waals surface area contributed by atoms with Crippen LogP contribution in [0.5, 0.6) is 0 Å². The van der Waals surface area contributed by atoms with E-state index in [2.05, 4.69) is 34.9 Å². The maximum absolute atomic E-state index is 13.0. The van der Waals surface area contributed by atoms with Gasteiger partial charge in [0.05, 0.1) is 5.92 Å². The third kappa shape index (κ3) is 5.84. The highest BCUT2D eigenvalue weighted by molar-refractivity contribution is 5.86. The van der Waals surface area contributed by atoms with E-state index in [1.54, 1.807) is 0 Å². The van der Waals surface area contributed by atoms with Gasteiger partial charge in [0.15, 0.2) is 0 Å². The number of amides is 2. The van der Waals surface area contributed by atoms with Crippen LogP contribution in [-0.2, 0) is 14.3 Å². The lowest BCUT2D eigenvalue weighted by molar-refractivity contribution is -0.143. The van der Waals surface area contributed by atoms with E-state index >= 15 is 0 Å². The molecule has 0 saturated heterocycles. The second kappa shape index (κ2) is 10.9. The first-order valence-electron chi connectivity index (χ1n) is 12.5. The molecule has 7 heteroatoms. The van der Waals surface area contributed by atoms with Crippen molar-refractivity contribution < 1.29 is 24.2 Å². The Morgan fingerprint density at radius 3 is 2.23 bits per heavy atom. The summed E-state index contributed by atoms with van der Waals surface area (Å²) in [6, 6.07) is 15.3. The van der Waals surface area contributed by atoms with Crippen molar-refractivity contribution in [3.63, 3.8) is 0 Å². The summed E-state index contributed by atoms with van der Waals surface area (Å²) in [6.07, 6.45) is 2.39. The molecule has 2 aromatic rings. The van der Waals surface area contributed by atoms with E-state index in [-0.39, 0.29) is 30.4 Å². The van der Waals surface area contributed by atoms with Gasteiger partial charge in [0, 0.05) is 12.0 Å². The Hall–Kier alpha value is -3.35. The third-order valence-corrected chi connectivity index (χ3v) is 7.03. The molecule has 0 heterocycles. The molecule has 0 radical (unpaired) electrons. The average molecular weight is 479 g/mol. The number of carboxylic acids is 1. The van der Waals surface area contributed by atoms with E-state index in [9.17, 15) is 19.5 Å². The number of ether oxygens (including phenoxy) is 1. The van der Waals surface area contributed by atoms with Crippen molar-refractivity contribution in [3.05, 3.63) is 59.7 Å². The number of carboxylic acid groups (broad SMARTS) is 1. The molecule has 0 aliphatic heterocycles. The van der Waals surface area contributed by atoms with E-state index in [1.165, 1.54) is 0 Å². The van der Waals surface area contributed by atoms with Gasteiger partial charge >= 0.3 is 12.1 Å². The van der Waals surface area contributed by atoms with Gasteiger partial charge in [-0.3, -0.25) is 9.59 Å². The summed E-state index contributed by atoms with van der Waals surface area (Å²) in [7, 11) is 0. The fourth-order valence-corrected chi connectivity index (χ4v) is 5.33. The summed E-state index contributed by atoms with van der Waals surface area (Å²) in [4.78, 5) is 37.1. The van der Waals surface area contributed by atoms with Crippen LogP contribution in [0.2, 0.25) is 0 Å². The predicted molar refractivity (Wildman–Crippen MR) is 133 cm³/mol. The number of nitrogens with one attached hydrogen (secondary N) is 2. The van der Waals surface area contributed by atoms with Crippen LogP contribution in [0.25, 0.3) is 11.1 Å². The van der Waals surface area contributed by atoms with Gasteiger partial charge in [-0.25, -0.2) is 4.79 Å². The minimum atomic E-state index is -0.820. The second-order valence-electron chi connectivity index (χ2n) is 10.1. The highest BCUT2D eigenvalue weighted by Gasteiger charge is 2.32. The van der Waals surface area contributed by atoms with Gasteiger partial charge in [-0.05, 0) is 53.9 Å². The quantitative estimate of drug-likeness (QED) is 0.510. The molecule has 1 saturated carbocycles. The van der Waals surface area contributed by atoms with Crippen molar-refractivity contribution in [2.75, 3.05) is 6.61 Å². The first-order chi connectivity index (χ1) is 16.8. The van der Waals surface area contributed by atoms with Gasteiger partial charge in [0.25, 0.3) is 0 Å². The number of alkyl carbamates (subject to hydrolysis) is 1. The second-order valence-corrected chi connectivity index (χ2v) is 10.1. The van der Waals surface area contributed by atoms with Gasteiger partial charge in [-0.15, -0.1) is 0 Å². The monoisotopic (exact) mass is 478 g/mol. The molecule has 4 rings (SSSR count). The SMILES string of the molecule is CC(C)C[C@H](NC(=O)OCC1c2ccccc2-c2ccccc21)C(=O)NC1CCCC(C(=O)O)C1. The maximum atomic E-state index is 13.0. The molecule has 0 aromatic heterocycles. The van der Waals surface area contributed by atoms with Crippen LogP contribution in [0.15, 0.2) is 48.5 Å². The molecule has 2 aliphatic rings. The zero-order valence-corrected chi connectivity index (χ0v) is 20.3. The zero-order valence-electron chi connectivity index (χ0n) is 20.3. The van der Waals surface area contributed by atoms with E-state index in [4.69, 9.17) is 4.74 Å². The summed E-state index contributed by atoms with van der Waals surface area (Å²) < 4.78 is 5.63. The average Bonchev–Trinajstić information content (AvgIpc) is 3.16. The largest absolute Gasteiger partial charge is 0.481 e. The van der Waals surface area contributed by atoms with Crippen LogP contribution in [0.3, 0.4) is 0 Å². The van der Waals surface area contributed by atoms with Gasteiger partial charge in [0.1, 0.15) is 12.6 Å². The van der Waals surface area contributed by atoms with Crippen LogP contribution in [-0.4, -0.2) is 41.8 Å². The molecule has 186 valence electrons. The van der Waals surface area contributed by atoms with Gasteiger partial charge < -0.3 is 20.5 Å². The number of rotatable bonds is 8. The van der Waals surface area contributed by atoms with E-state index in [0.717, 1.165) is 35.1 Å². The van der Waals surface area contributed by atoms with Crippen molar-refractivity contribution in [1.29, 1.82) is 0 Å². The number of benzene rings is 2. The lowest BCUT2D eigenvalue weighted by atomic mass is 9.85. The van der Waals surface area contributed by atoms with Crippen molar-refractivity contribution in [2.45, 2.75) is 64.0 Å². The molecule has 0 spiro atoms. The lowest BCUT2D eigenvalue weighted by Gasteiger charge is -2.29. The predicted octanol–water partition coefficient (Wildman–Crippen LogP) is 4.70. The third-order valence-electron chi connectivity index (χ3n) is 7.03. The molecule has 2 unspecified atom stereocenters. The van der Waals surface area contributed by atoms with Gasteiger partial charge in [-0.1, -0.05) is 68.8 Å². The molecule has 2 aromatic carbocycles. The maximum Gasteiger partial charge on any atom is 0.407 e. The molecule has 2 aliphatic carbocycles. The van der Waals surface area contributed by atoms with Crippen molar-refractivity contribution in [2.24, 2.45) is 11.8 Å². The van der Waals surface area contributed by atoms with Crippen LogP contribution < -0.4 is 10.6 Å². The summed E-state index contributed by atoms with van der Waals surface area (Å²) in [5.41, 5.74) is 4.56. The molecule has 2 amide bonds. The Morgan fingerprint density at radius 2 is 1.63 bits per heavy atom. The Kier molecular flexibility index (Phi) is 7.73. The summed E-state index contributed by atoms with van der Waals surface area (Å²) in [5.74, 6) is -1.42. The standard InChI is InChI=1S/C28H34N2O5/c1-17(2)14-25(26(31)29-19-9-7-8-18(15-19)27(32)33)30-28(34)35-16-24-22-12-5-3-10-20(22)21-11-4-6-13-23(21)24/h3-6,10-13,17-19,24-25H,7-9,14-16H2,1-2H3,(H,29,31)(H,30,34)(H,32,33)/t18?,19?,25-/m0/s1. The molecule has 0 bridgehead atoms. The Labute approximate surface area is 206 Å². The summed E-state index contributed by atoms with van der Waals surface area (Å²) >= 11 is 0. The van der Waals surface area contributed by atoms with Gasteiger partial charge in [-0.2, -0.15) is 0 Å². The van der Waals surface area contributed by atoms with Crippen molar-refractivity contribution in [1.82, 2.24) is 10.6 Å². The molecular weight excluding hydrogens is 444 g/mol. The van der Waals surface area contributed by atoms with Crippen LogP contribution in [0.4, 0.5) is 4.79 Å². The van der Waals surface area contributed by atoms with Crippen LogP contribution >= 0.6 is 0 Å². The van der Waals surface area contributed by atoms with E-state index in [0.29, 0.717) is 19.3 Å². The molecule has 7 nitrogen and oxygen atoms in total. The minimum absolute atomic E-state index is 0.0549. The van der Waals surface area contributed by atoms with E-state index in [1.807, 2.05) is 38.1 Å².